The summed E-state index contributed by atoms with van der Waals surface area (Å²) in [6.07, 6.45) is 2.17. The smallest absolute Gasteiger partial charge is 0.309 e. The van der Waals surface area contributed by atoms with E-state index in [1.165, 1.54) is 13.2 Å². The van der Waals surface area contributed by atoms with Crippen molar-refractivity contribution in [3.05, 3.63) is 11.8 Å². The summed E-state index contributed by atoms with van der Waals surface area (Å²) in [5.74, 6) is 0.117. The van der Waals surface area contributed by atoms with Gasteiger partial charge < -0.3 is 9.47 Å². The van der Waals surface area contributed by atoms with Crippen LogP contribution < -0.4 is 0 Å². The van der Waals surface area contributed by atoms with Crippen LogP contribution in [0.15, 0.2) is 11.8 Å². The predicted molar refractivity (Wildman–Crippen MR) is 51.9 cm³/mol. The van der Waals surface area contributed by atoms with Gasteiger partial charge in [-0.05, 0) is 20.3 Å². The van der Waals surface area contributed by atoms with Crippen LogP contribution in [0.2, 0.25) is 0 Å². The largest absolute Gasteiger partial charge is 0.484 e. The number of ether oxygens (including phenoxy) is 2. The summed E-state index contributed by atoms with van der Waals surface area (Å²) >= 11 is 0. The standard InChI is InChI=1S/C11H14O4/c1-6-4-9(12)11(2,15-6)8-5-7(8)10(13)14-3/h4,7-8H,5H2,1-3H3/t7-,8-,11+/m0/s1. The van der Waals surface area contributed by atoms with E-state index in [1.807, 2.05) is 0 Å². The Hall–Kier alpha value is -1.32. The Bertz CT molecular complexity index is 358. The zero-order chi connectivity index (χ0) is 11.2. The summed E-state index contributed by atoms with van der Waals surface area (Å²) < 4.78 is 10.2. The molecule has 0 aromatic rings. The molecular formula is C11H14O4. The minimum absolute atomic E-state index is 0.0360. The van der Waals surface area contributed by atoms with E-state index in [-0.39, 0.29) is 23.6 Å². The Balaban J connectivity index is 2.09. The van der Waals surface area contributed by atoms with Gasteiger partial charge >= 0.3 is 5.97 Å². The third-order valence-electron chi connectivity index (χ3n) is 3.20. The van der Waals surface area contributed by atoms with Crippen LogP contribution >= 0.6 is 0 Å². The molecule has 1 heterocycles. The second-order valence-corrected chi connectivity index (χ2v) is 4.30. The van der Waals surface area contributed by atoms with Crippen molar-refractivity contribution in [2.24, 2.45) is 11.8 Å². The topological polar surface area (TPSA) is 52.6 Å². The molecule has 2 rings (SSSR count). The monoisotopic (exact) mass is 210 g/mol. The number of hydrogen-bond acceptors (Lipinski definition) is 4. The molecule has 0 radical (unpaired) electrons. The van der Waals surface area contributed by atoms with Gasteiger partial charge in [0.15, 0.2) is 5.60 Å². The van der Waals surface area contributed by atoms with Crippen LogP contribution in [0.25, 0.3) is 0 Å². The number of carbonyl (C=O) groups is 2. The summed E-state index contributed by atoms with van der Waals surface area (Å²) in [5.41, 5.74) is -0.844. The van der Waals surface area contributed by atoms with E-state index in [9.17, 15) is 9.59 Å². The Morgan fingerprint density at radius 2 is 2.33 bits per heavy atom. The molecule has 4 heteroatoms. The van der Waals surface area contributed by atoms with E-state index in [2.05, 4.69) is 4.74 Å². The van der Waals surface area contributed by atoms with Gasteiger partial charge in [0.2, 0.25) is 5.78 Å². The molecule has 82 valence electrons. The second-order valence-electron chi connectivity index (χ2n) is 4.30. The molecule has 1 aliphatic carbocycles. The lowest BCUT2D eigenvalue weighted by Crippen LogP contribution is -2.36. The molecule has 15 heavy (non-hydrogen) atoms. The fraction of sp³-hybridized carbons (Fsp3) is 0.636. The molecule has 0 saturated heterocycles. The van der Waals surface area contributed by atoms with E-state index in [4.69, 9.17) is 4.74 Å². The Morgan fingerprint density at radius 3 is 2.80 bits per heavy atom. The predicted octanol–water partition coefficient (Wildman–Crippen LogP) is 1.06. The molecule has 1 aliphatic heterocycles. The van der Waals surface area contributed by atoms with E-state index in [0.717, 1.165) is 0 Å². The van der Waals surface area contributed by atoms with Gasteiger partial charge in [-0.15, -0.1) is 0 Å². The molecule has 2 aliphatic rings. The first-order valence-corrected chi connectivity index (χ1v) is 4.98. The van der Waals surface area contributed by atoms with Crippen molar-refractivity contribution in [1.29, 1.82) is 0 Å². The highest BCUT2D eigenvalue weighted by Crippen LogP contribution is 2.51. The van der Waals surface area contributed by atoms with Crippen molar-refractivity contribution >= 4 is 11.8 Å². The summed E-state index contributed by atoms with van der Waals surface area (Å²) in [7, 11) is 1.36. The number of ketones is 1. The lowest BCUT2D eigenvalue weighted by Gasteiger charge is -2.23. The summed E-state index contributed by atoms with van der Waals surface area (Å²) in [5, 5.41) is 0. The van der Waals surface area contributed by atoms with E-state index >= 15 is 0 Å². The third-order valence-corrected chi connectivity index (χ3v) is 3.20. The van der Waals surface area contributed by atoms with E-state index in [1.54, 1.807) is 13.8 Å². The van der Waals surface area contributed by atoms with Crippen LogP contribution in [0.4, 0.5) is 0 Å². The summed E-state index contributed by atoms with van der Waals surface area (Å²) in [6, 6.07) is 0. The van der Waals surface area contributed by atoms with Crippen molar-refractivity contribution in [2.75, 3.05) is 7.11 Å². The van der Waals surface area contributed by atoms with Gasteiger partial charge in [0.1, 0.15) is 0 Å². The molecule has 3 atom stereocenters. The highest BCUT2D eigenvalue weighted by molar-refractivity contribution is 6.00. The first-order valence-electron chi connectivity index (χ1n) is 4.98. The van der Waals surface area contributed by atoms with E-state index < -0.39 is 5.60 Å². The molecular weight excluding hydrogens is 196 g/mol. The van der Waals surface area contributed by atoms with Crippen molar-refractivity contribution in [3.8, 4) is 0 Å². The minimum atomic E-state index is -0.844. The number of methoxy groups -OCH3 is 1. The number of hydrogen-bond donors (Lipinski definition) is 0. The average molecular weight is 210 g/mol. The van der Waals surface area contributed by atoms with Crippen LogP contribution in [0.5, 0.6) is 0 Å². The Kier molecular flexibility index (Phi) is 2.10. The molecule has 1 fully saturated rings. The molecule has 0 N–H and O–H groups in total. The van der Waals surface area contributed by atoms with Gasteiger partial charge in [0.05, 0.1) is 18.8 Å². The lowest BCUT2D eigenvalue weighted by molar-refractivity contribution is -0.144. The van der Waals surface area contributed by atoms with Gasteiger partial charge in [-0.25, -0.2) is 0 Å². The van der Waals surface area contributed by atoms with Crippen LogP contribution in [-0.2, 0) is 19.1 Å². The van der Waals surface area contributed by atoms with Crippen LogP contribution in [0.1, 0.15) is 20.3 Å². The van der Waals surface area contributed by atoms with E-state index in [0.29, 0.717) is 12.2 Å². The third kappa shape index (κ3) is 1.44. The van der Waals surface area contributed by atoms with Crippen LogP contribution in [0.3, 0.4) is 0 Å². The van der Waals surface area contributed by atoms with Crippen LogP contribution in [0, 0.1) is 11.8 Å². The maximum atomic E-state index is 11.7. The second kappa shape index (κ2) is 3.08. The highest BCUT2D eigenvalue weighted by atomic mass is 16.5. The zero-order valence-electron chi connectivity index (χ0n) is 9.07. The number of esters is 1. The molecule has 0 unspecified atom stereocenters. The maximum Gasteiger partial charge on any atom is 0.309 e. The Morgan fingerprint density at radius 1 is 1.67 bits per heavy atom. The summed E-state index contributed by atoms with van der Waals surface area (Å²) in [6.45, 7) is 3.49. The van der Waals surface area contributed by atoms with Gasteiger partial charge in [-0.3, -0.25) is 9.59 Å². The van der Waals surface area contributed by atoms with Crippen molar-refractivity contribution in [3.63, 3.8) is 0 Å². The first kappa shape index (κ1) is 10.2. The molecule has 0 bridgehead atoms. The number of allylic oxidation sites excluding steroid dienone is 1. The molecule has 0 aromatic carbocycles. The van der Waals surface area contributed by atoms with Gasteiger partial charge in [-0.2, -0.15) is 0 Å². The molecule has 1 saturated carbocycles. The van der Waals surface area contributed by atoms with Crippen molar-refractivity contribution in [2.45, 2.75) is 25.9 Å². The van der Waals surface area contributed by atoms with Crippen molar-refractivity contribution < 1.29 is 19.1 Å². The molecule has 0 spiro atoms. The normalized spacial score (nSPS) is 38.3. The van der Waals surface area contributed by atoms with Gasteiger partial charge in [-0.1, -0.05) is 0 Å². The van der Waals surface area contributed by atoms with Gasteiger partial charge in [0.25, 0.3) is 0 Å². The zero-order valence-corrected chi connectivity index (χ0v) is 9.07. The summed E-state index contributed by atoms with van der Waals surface area (Å²) in [4.78, 5) is 23.0. The molecule has 0 aromatic heterocycles. The quantitative estimate of drug-likeness (QED) is 0.639. The SMILES string of the molecule is COC(=O)[C@H]1C[C@@H]1[C@@]1(C)OC(C)=CC1=O. The molecule has 4 nitrogen and oxygen atoms in total. The highest BCUT2D eigenvalue weighted by Gasteiger charge is 2.60. The van der Waals surface area contributed by atoms with Crippen molar-refractivity contribution in [1.82, 2.24) is 0 Å². The maximum absolute atomic E-state index is 11.7. The Labute approximate surface area is 88.2 Å². The fourth-order valence-electron chi connectivity index (χ4n) is 2.22. The number of carbonyl (C=O) groups excluding carboxylic acids is 2. The fourth-order valence-corrected chi connectivity index (χ4v) is 2.22. The van der Waals surface area contributed by atoms with Gasteiger partial charge in [0, 0.05) is 12.0 Å². The lowest BCUT2D eigenvalue weighted by atomic mass is 9.94. The molecule has 0 amide bonds. The van der Waals surface area contributed by atoms with Crippen LogP contribution in [-0.4, -0.2) is 24.5 Å². The number of rotatable bonds is 2. The average Bonchev–Trinajstić information content (AvgIpc) is 2.91. The minimum Gasteiger partial charge on any atom is -0.484 e. The first-order chi connectivity index (χ1) is 6.99.